The van der Waals surface area contributed by atoms with Crippen molar-refractivity contribution in [2.24, 2.45) is 5.92 Å². The van der Waals surface area contributed by atoms with E-state index in [1.165, 1.54) is 0 Å². The highest BCUT2D eigenvalue weighted by atomic mass is 127. The first-order chi connectivity index (χ1) is 8.88. The molecule has 0 spiro atoms. The number of rotatable bonds is 5. The molecule has 0 aliphatic heterocycles. The van der Waals surface area contributed by atoms with Crippen LogP contribution in [-0.4, -0.2) is 35.0 Å². The standard InChI is InChI=1S/C14H18INO3/c1-4-16(8-10(3)14(18)19)13(17)11-7-5-6-9(2)12(11)15/h5-7,10H,4,8H2,1-3H3,(H,18,19). The molecule has 0 aliphatic carbocycles. The number of aliphatic carboxylic acids is 1. The first-order valence-corrected chi connectivity index (χ1v) is 7.23. The minimum atomic E-state index is -0.884. The number of carbonyl (C=O) groups excluding carboxylic acids is 1. The first-order valence-electron chi connectivity index (χ1n) is 6.15. The lowest BCUT2D eigenvalue weighted by atomic mass is 10.1. The van der Waals surface area contributed by atoms with E-state index in [-0.39, 0.29) is 12.5 Å². The Hall–Kier alpha value is -1.11. The molecule has 1 atom stereocenters. The normalized spacial score (nSPS) is 12.0. The molecule has 0 aliphatic rings. The third-order valence-corrected chi connectivity index (χ3v) is 4.44. The van der Waals surface area contributed by atoms with Crippen molar-refractivity contribution < 1.29 is 14.7 Å². The molecule has 1 rings (SSSR count). The van der Waals surface area contributed by atoms with Gasteiger partial charge in [-0.15, -0.1) is 0 Å². The number of amides is 1. The van der Waals surface area contributed by atoms with E-state index in [2.05, 4.69) is 22.6 Å². The smallest absolute Gasteiger partial charge is 0.308 e. The Kier molecular flexibility index (Phi) is 5.78. The number of nitrogens with zero attached hydrogens (tertiary/aromatic N) is 1. The topological polar surface area (TPSA) is 57.6 Å². The Bertz CT molecular complexity index is 488. The number of halogens is 1. The van der Waals surface area contributed by atoms with E-state index in [4.69, 9.17) is 5.11 Å². The second-order valence-corrected chi connectivity index (χ2v) is 5.60. The number of carboxylic acid groups (broad SMARTS) is 1. The molecule has 0 fully saturated rings. The van der Waals surface area contributed by atoms with Gasteiger partial charge in [0.1, 0.15) is 0 Å². The predicted octanol–water partition coefficient (Wildman–Crippen LogP) is 2.78. The summed E-state index contributed by atoms with van der Waals surface area (Å²) >= 11 is 2.15. The number of hydrogen-bond donors (Lipinski definition) is 1. The highest BCUT2D eigenvalue weighted by Gasteiger charge is 2.22. The summed E-state index contributed by atoms with van der Waals surface area (Å²) in [5.74, 6) is -1.56. The zero-order valence-electron chi connectivity index (χ0n) is 11.3. The fourth-order valence-electron chi connectivity index (χ4n) is 1.75. The number of aryl methyl sites for hydroxylation is 1. The van der Waals surface area contributed by atoms with E-state index in [0.717, 1.165) is 9.13 Å². The van der Waals surface area contributed by atoms with Gasteiger partial charge >= 0.3 is 5.97 Å². The van der Waals surface area contributed by atoms with Gasteiger partial charge in [-0.25, -0.2) is 0 Å². The molecule has 4 nitrogen and oxygen atoms in total. The molecule has 1 N–H and O–H groups in total. The number of carbonyl (C=O) groups is 2. The van der Waals surface area contributed by atoms with Crippen molar-refractivity contribution in [2.45, 2.75) is 20.8 Å². The lowest BCUT2D eigenvalue weighted by Gasteiger charge is -2.23. The highest BCUT2D eigenvalue weighted by Crippen LogP contribution is 2.19. The summed E-state index contributed by atoms with van der Waals surface area (Å²) in [6.07, 6.45) is 0. The van der Waals surface area contributed by atoms with Crippen LogP contribution in [0, 0.1) is 16.4 Å². The minimum Gasteiger partial charge on any atom is -0.481 e. The van der Waals surface area contributed by atoms with Crippen LogP contribution in [-0.2, 0) is 4.79 Å². The number of hydrogen-bond acceptors (Lipinski definition) is 2. The summed E-state index contributed by atoms with van der Waals surface area (Å²) in [4.78, 5) is 24.9. The van der Waals surface area contributed by atoms with Crippen LogP contribution in [0.2, 0.25) is 0 Å². The van der Waals surface area contributed by atoms with Crippen LogP contribution in [0.25, 0.3) is 0 Å². The molecular formula is C14H18INO3. The maximum Gasteiger partial charge on any atom is 0.308 e. The van der Waals surface area contributed by atoms with Crippen molar-refractivity contribution in [3.8, 4) is 0 Å². The Labute approximate surface area is 126 Å². The Balaban J connectivity index is 2.96. The predicted molar refractivity (Wildman–Crippen MR) is 82.3 cm³/mol. The summed E-state index contributed by atoms with van der Waals surface area (Å²) in [5.41, 5.74) is 1.69. The van der Waals surface area contributed by atoms with Crippen LogP contribution in [0.5, 0.6) is 0 Å². The zero-order chi connectivity index (χ0) is 14.6. The van der Waals surface area contributed by atoms with E-state index in [1.54, 1.807) is 17.9 Å². The summed E-state index contributed by atoms with van der Waals surface area (Å²) in [6, 6.07) is 5.58. The fraction of sp³-hybridized carbons (Fsp3) is 0.429. The summed E-state index contributed by atoms with van der Waals surface area (Å²) in [7, 11) is 0. The lowest BCUT2D eigenvalue weighted by molar-refractivity contribution is -0.141. The third kappa shape index (κ3) is 3.92. The first kappa shape index (κ1) is 15.9. The van der Waals surface area contributed by atoms with Crippen molar-refractivity contribution in [3.63, 3.8) is 0 Å². The van der Waals surface area contributed by atoms with Crippen LogP contribution in [0.3, 0.4) is 0 Å². The monoisotopic (exact) mass is 375 g/mol. The Morgan fingerprint density at radius 3 is 2.58 bits per heavy atom. The van der Waals surface area contributed by atoms with Crippen molar-refractivity contribution >= 4 is 34.5 Å². The maximum atomic E-state index is 12.4. The maximum absolute atomic E-state index is 12.4. The van der Waals surface area contributed by atoms with Crippen molar-refractivity contribution in [2.75, 3.05) is 13.1 Å². The van der Waals surface area contributed by atoms with Gasteiger partial charge in [0.2, 0.25) is 0 Å². The quantitative estimate of drug-likeness (QED) is 0.806. The van der Waals surface area contributed by atoms with Crippen LogP contribution < -0.4 is 0 Å². The van der Waals surface area contributed by atoms with Gasteiger partial charge in [-0.2, -0.15) is 0 Å². The van der Waals surface area contributed by atoms with Gasteiger partial charge in [0.25, 0.3) is 5.91 Å². The van der Waals surface area contributed by atoms with Gasteiger partial charge in [-0.1, -0.05) is 19.1 Å². The molecule has 1 aromatic carbocycles. The van der Waals surface area contributed by atoms with Gasteiger partial charge in [0.15, 0.2) is 0 Å². The van der Waals surface area contributed by atoms with Crippen LogP contribution in [0.15, 0.2) is 18.2 Å². The zero-order valence-corrected chi connectivity index (χ0v) is 13.5. The van der Waals surface area contributed by atoms with Gasteiger partial charge in [-0.3, -0.25) is 9.59 Å². The molecule has 1 unspecified atom stereocenters. The SMILES string of the molecule is CCN(CC(C)C(=O)O)C(=O)c1cccc(C)c1I. The molecule has 0 heterocycles. The second kappa shape index (κ2) is 6.88. The highest BCUT2D eigenvalue weighted by molar-refractivity contribution is 14.1. The van der Waals surface area contributed by atoms with Crippen molar-refractivity contribution in [1.82, 2.24) is 4.90 Å². The van der Waals surface area contributed by atoms with Crippen molar-refractivity contribution in [1.29, 1.82) is 0 Å². The molecule has 0 saturated heterocycles. The van der Waals surface area contributed by atoms with E-state index in [1.807, 2.05) is 26.0 Å². The molecule has 0 aromatic heterocycles. The van der Waals surface area contributed by atoms with Crippen LogP contribution >= 0.6 is 22.6 Å². The average molecular weight is 375 g/mol. The Morgan fingerprint density at radius 2 is 2.05 bits per heavy atom. The van der Waals surface area contributed by atoms with Gasteiger partial charge in [-0.05, 0) is 48.1 Å². The van der Waals surface area contributed by atoms with E-state index < -0.39 is 11.9 Å². The summed E-state index contributed by atoms with van der Waals surface area (Å²) in [5, 5.41) is 8.94. The molecule has 19 heavy (non-hydrogen) atoms. The third-order valence-electron chi connectivity index (χ3n) is 3.01. The minimum absolute atomic E-state index is 0.108. The fourth-order valence-corrected chi connectivity index (χ4v) is 2.34. The molecular weight excluding hydrogens is 357 g/mol. The lowest BCUT2D eigenvalue weighted by Crippen LogP contribution is -2.37. The van der Waals surface area contributed by atoms with E-state index >= 15 is 0 Å². The molecule has 5 heteroatoms. The largest absolute Gasteiger partial charge is 0.481 e. The number of carboxylic acids is 1. The molecule has 0 bridgehead atoms. The molecule has 1 aromatic rings. The summed E-state index contributed by atoms with van der Waals surface area (Å²) < 4.78 is 0.923. The van der Waals surface area contributed by atoms with Gasteiger partial charge in [0.05, 0.1) is 11.5 Å². The van der Waals surface area contributed by atoms with Crippen LogP contribution in [0.4, 0.5) is 0 Å². The molecule has 104 valence electrons. The summed E-state index contributed by atoms with van der Waals surface area (Å²) in [6.45, 7) is 6.15. The van der Waals surface area contributed by atoms with Crippen molar-refractivity contribution in [3.05, 3.63) is 32.9 Å². The van der Waals surface area contributed by atoms with Gasteiger partial charge < -0.3 is 10.0 Å². The molecule has 1 amide bonds. The number of benzene rings is 1. The Morgan fingerprint density at radius 1 is 1.42 bits per heavy atom. The second-order valence-electron chi connectivity index (χ2n) is 4.52. The van der Waals surface area contributed by atoms with Crippen LogP contribution in [0.1, 0.15) is 29.8 Å². The van der Waals surface area contributed by atoms with E-state index in [9.17, 15) is 9.59 Å². The van der Waals surface area contributed by atoms with E-state index in [0.29, 0.717) is 12.1 Å². The molecule has 0 radical (unpaired) electrons. The molecule has 0 saturated carbocycles. The average Bonchev–Trinajstić information content (AvgIpc) is 2.38. The van der Waals surface area contributed by atoms with Gasteiger partial charge in [0, 0.05) is 16.7 Å².